The molecule has 4 aromatic rings. The number of anilines is 2. The Bertz CT molecular complexity index is 1460. The molecule has 0 unspecified atom stereocenters. The molecule has 0 saturated carbocycles. The number of methoxy groups -OCH3 is 1. The van der Waals surface area contributed by atoms with Crippen molar-refractivity contribution in [1.29, 1.82) is 0 Å². The lowest BCUT2D eigenvalue weighted by molar-refractivity contribution is -0.137. The third kappa shape index (κ3) is 5.33. The van der Waals surface area contributed by atoms with Gasteiger partial charge in [0.1, 0.15) is 5.69 Å². The molecule has 3 aromatic carbocycles. The topological polar surface area (TPSA) is 67.3 Å². The van der Waals surface area contributed by atoms with Crippen molar-refractivity contribution in [2.24, 2.45) is 0 Å². The van der Waals surface area contributed by atoms with E-state index in [0.717, 1.165) is 42.9 Å². The lowest BCUT2D eigenvalue weighted by Crippen LogP contribution is -2.29. The fourth-order valence-corrected chi connectivity index (χ4v) is 4.89. The molecule has 0 amide bonds. The first-order valence-corrected chi connectivity index (χ1v) is 12.3. The molecule has 1 aromatic heterocycles. The molecule has 1 fully saturated rings. The van der Waals surface area contributed by atoms with E-state index >= 15 is 0 Å². The average molecular weight is 521 g/mol. The fourth-order valence-electron chi connectivity index (χ4n) is 4.89. The van der Waals surface area contributed by atoms with Gasteiger partial charge in [-0.1, -0.05) is 36.4 Å². The predicted octanol–water partition coefficient (Wildman–Crippen LogP) is 6.66. The number of hydrogen-bond donors (Lipinski definition) is 1. The van der Waals surface area contributed by atoms with Crippen LogP contribution in [-0.2, 0) is 10.9 Å². The van der Waals surface area contributed by atoms with Crippen LogP contribution >= 0.6 is 0 Å². The van der Waals surface area contributed by atoms with Gasteiger partial charge in [0, 0.05) is 22.0 Å². The van der Waals surface area contributed by atoms with Crippen molar-refractivity contribution < 1.29 is 22.7 Å². The molecule has 1 aliphatic heterocycles. The van der Waals surface area contributed by atoms with E-state index in [0.29, 0.717) is 33.7 Å². The number of benzene rings is 3. The van der Waals surface area contributed by atoms with Crippen molar-refractivity contribution in [3.05, 3.63) is 83.4 Å². The number of likely N-dealkylation sites (tertiary alicyclic amines) is 1. The first kappa shape index (κ1) is 25.7. The zero-order chi connectivity index (χ0) is 26.9. The first-order valence-electron chi connectivity index (χ1n) is 12.3. The van der Waals surface area contributed by atoms with Gasteiger partial charge in [0.05, 0.1) is 18.2 Å². The summed E-state index contributed by atoms with van der Waals surface area (Å²) in [5.74, 6) is -0.0101. The van der Waals surface area contributed by atoms with E-state index < -0.39 is 17.7 Å². The number of rotatable bonds is 5. The van der Waals surface area contributed by atoms with Crippen LogP contribution in [0.25, 0.3) is 22.0 Å². The van der Waals surface area contributed by atoms with Crippen LogP contribution < -0.4 is 5.32 Å². The Balaban J connectivity index is 1.52. The number of hydrogen-bond acceptors (Lipinski definition) is 6. The minimum atomic E-state index is -4.47. The van der Waals surface area contributed by atoms with Crippen molar-refractivity contribution in [3.8, 4) is 11.3 Å². The maximum absolute atomic E-state index is 13.8. The number of piperidine rings is 1. The van der Waals surface area contributed by atoms with Gasteiger partial charge in [-0.05, 0) is 74.8 Å². The number of esters is 1. The molecule has 1 saturated heterocycles. The largest absolute Gasteiger partial charge is 0.465 e. The Morgan fingerprint density at radius 2 is 1.66 bits per heavy atom. The van der Waals surface area contributed by atoms with Gasteiger partial charge in [-0.15, -0.1) is 10.2 Å². The molecular weight excluding hydrogens is 493 g/mol. The third-order valence-electron chi connectivity index (χ3n) is 7.00. The molecule has 0 atom stereocenters. The Morgan fingerprint density at radius 3 is 2.32 bits per heavy atom. The van der Waals surface area contributed by atoms with Crippen LogP contribution in [0.4, 0.5) is 24.7 Å². The SMILES string of the molecule is COC(=O)c1ccc(-c2nnc(Nc3cc(C4CCN(C)CC4)cc(C(F)(F)F)c3)c3ccccc23)cc1. The molecule has 38 heavy (non-hydrogen) atoms. The maximum Gasteiger partial charge on any atom is 0.416 e. The van der Waals surface area contributed by atoms with Crippen molar-refractivity contribution >= 4 is 28.2 Å². The third-order valence-corrected chi connectivity index (χ3v) is 7.00. The minimum Gasteiger partial charge on any atom is -0.465 e. The standard InChI is InChI=1S/C29H27F3N4O2/c1-36-13-11-18(12-14-36)21-15-22(29(30,31)32)17-23(16-21)33-27-25-6-4-3-5-24(25)26(34-35-27)19-7-9-20(10-8-19)28(37)38-2/h3-10,15-18H,11-14H2,1-2H3,(H,33,35). The molecule has 0 spiro atoms. The highest BCUT2D eigenvalue weighted by atomic mass is 19.4. The van der Waals surface area contributed by atoms with Crippen molar-refractivity contribution in [2.75, 3.05) is 32.6 Å². The van der Waals surface area contributed by atoms with Crippen LogP contribution in [-0.4, -0.2) is 48.3 Å². The fraction of sp³-hybridized carbons (Fsp3) is 0.276. The van der Waals surface area contributed by atoms with Gasteiger partial charge >= 0.3 is 12.1 Å². The number of nitrogens with one attached hydrogen (secondary N) is 1. The molecule has 6 nitrogen and oxygen atoms in total. The lowest BCUT2D eigenvalue weighted by Gasteiger charge is -2.30. The Hall–Kier alpha value is -3.98. The maximum atomic E-state index is 13.8. The molecule has 0 bridgehead atoms. The van der Waals surface area contributed by atoms with Crippen LogP contribution in [0.5, 0.6) is 0 Å². The van der Waals surface area contributed by atoms with Crippen LogP contribution in [0.3, 0.4) is 0 Å². The van der Waals surface area contributed by atoms with Gasteiger partial charge in [-0.25, -0.2) is 4.79 Å². The highest BCUT2D eigenvalue weighted by molar-refractivity contribution is 6.01. The van der Waals surface area contributed by atoms with E-state index in [1.807, 2.05) is 31.3 Å². The summed E-state index contributed by atoms with van der Waals surface area (Å²) >= 11 is 0. The molecule has 0 radical (unpaired) electrons. The van der Waals surface area contributed by atoms with Crippen molar-refractivity contribution in [1.82, 2.24) is 15.1 Å². The average Bonchev–Trinajstić information content (AvgIpc) is 2.93. The summed E-state index contributed by atoms with van der Waals surface area (Å²) in [4.78, 5) is 14.0. The minimum absolute atomic E-state index is 0.0622. The lowest BCUT2D eigenvalue weighted by atomic mass is 9.88. The summed E-state index contributed by atoms with van der Waals surface area (Å²) in [5.41, 5.74) is 2.07. The van der Waals surface area contributed by atoms with Crippen LogP contribution in [0.15, 0.2) is 66.7 Å². The summed E-state index contributed by atoms with van der Waals surface area (Å²) in [5, 5.41) is 13.4. The molecule has 1 aliphatic rings. The Morgan fingerprint density at radius 1 is 0.974 bits per heavy atom. The quantitative estimate of drug-likeness (QED) is 0.297. The van der Waals surface area contributed by atoms with E-state index in [4.69, 9.17) is 4.74 Å². The summed E-state index contributed by atoms with van der Waals surface area (Å²) in [6, 6.07) is 18.4. The molecule has 9 heteroatoms. The number of halogens is 3. The number of aromatic nitrogens is 2. The zero-order valence-corrected chi connectivity index (χ0v) is 21.0. The predicted molar refractivity (Wildman–Crippen MR) is 141 cm³/mol. The van der Waals surface area contributed by atoms with Crippen LogP contribution in [0.1, 0.15) is 40.2 Å². The molecule has 0 aliphatic carbocycles. The van der Waals surface area contributed by atoms with E-state index in [-0.39, 0.29) is 5.92 Å². The van der Waals surface area contributed by atoms with Gasteiger partial charge in [0.15, 0.2) is 5.82 Å². The highest BCUT2D eigenvalue weighted by Crippen LogP contribution is 2.38. The highest BCUT2D eigenvalue weighted by Gasteiger charge is 2.32. The smallest absolute Gasteiger partial charge is 0.416 e. The van der Waals surface area contributed by atoms with Crippen LogP contribution in [0, 0.1) is 0 Å². The summed E-state index contributed by atoms with van der Waals surface area (Å²) in [6.07, 6.45) is -2.85. The molecule has 196 valence electrons. The van der Waals surface area contributed by atoms with Crippen LogP contribution in [0.2, 0.25) is 0 Å². The number of alkyl halides is 3. The van der Waals surface area contributed by atoms with Gasteiger partial charge in [0.25, 0.3) is 0 Å². The summed E-state index contributed by atoms with van der Waals surface area (Å²) in [6.45, 7) is 1.70. The Labute approximate surface area is 218 Å². The normalized spacial score (nSPS) is 15.0. The number of ether oxygens (including phenoxy) is 1. The summed E-state index contributed by atoms with van der Waals surface area (Å²) < 4.78 is 46.2. The van der Waals surface area contributed by atoms with Gasteiger partial charge in [0.2, 0.25) is 0 Å². The summed E-state index contributed by atoms with van der Waals surface area (Å²) in [7, 11) is 3.35. The van der Waals surface area contributed by atoms with Gasteiger partial charge in [-0.2, -0.15) is 13.2 Å². The second kappa shape index (κ2) is 10.4. The van der Waals surface area contributed by atoms with E-state index in [2.05, 4.69) is 20.4 Å². The van der Waals surface area contributed by atoms with Gasteiger partial charge in [-0.3, -0.25) is 0 Å². The molecule has 5 rings (SSSR count). The monoisotopic (exact) mass is 520 g/mol. The number of nitrogens with zero attached hydrogens (tertiary/aromatic N) is 3. The number of carbonyl (C=O) groups excluding carboxylic acids is 1. The zero-order valence-electron chi connectivity index (χ0n) is 21.0. The van der Waals surface area contributed by atoms with Crippen molar-refractivity contribution in [2.45, 2.75) is 24.9 Å². The number of fused-ring (bicyclic) bond motifs is 1. The van der Waals surface area contributed by atoms with E-state index in [1.165, 1.54) is 13.2 Å². The van der Waals surface area contributed by atoms with E-state index in [1.54, 1.807) is 30.3 Å². The first-order chi connectivity index (χ1) is 18.2. The molecule has 1 N–H and O–H groups in total. The molecule has 2 heterocycles. The second-order valence-corrected chi connectivity index (χ2v) is 9.56. The number of carbonyl (C=O) groups is 1. The van der Waals surface area contributed by atoms with Gasteiger partial charge < -0.3 is 15.0 Å². The molecular formula is C29H27F3N4O2. The van der Waals surface area contributed by atoms with E-state index in [9.17, 15) is 18.0 Å². The van der Waals surface area contributed by atoms with Crippen molar-refractivity contribution in [3.63, 3.8) is 0 Å². The Kier molecular flexibility index (Phi) is 7.03. The second-order valence-electron chi connectivity index (χ2n) is 9.56.